The standard InChI is InChI=1S/C25H23N3O3/c29-24-17-9-3-4-10-18(17)25-22-21(24)19(26-15-16-8-7-13-30-16)14-20(23(22)27-31-25)28-11-5-1-2-6-12-28/h3-4,7-10,13-14,26H,1-2,5-6,11-12,15H2. The predicted molar refractivity (Wildman–Crippen MR) is 120 cm³/mol. The number of nitrogens with zero attached hydrogens (tertiary/aromatic N) is 2. The number of furan rings is 1. The van der Waals surface area contributed by atoms with Crippen LogP contribution in [0, 0.1) is 0 Å². The Morgan fingerprint density at radius 3 is 2.58 bits per heavy atom. The average Bonchev–Trinajstić information content (AvgIpc) is 3.40. The van der Waals surface area contributed by atoms with Crippen LogP contribution in [0.25, 0.3) is 22.2 Å². The second-order valence-corrected chi connectivity index (χ2v) is 8.26. The van der Waals surface area contributed by atoms with E-state index in [0.717, 1.165) is 59.5 Å². The van der Waals surface area contributed by atoms with E-state index in [2.05, 4.69) is 21.4 Å². The number of fused-ring (bicyclic) bond motifs is 2. The van der Waals surface area contributed by atoms with Gasteiger partial charge in [0.05, 0.1) is 29.4 Å². The van der Waals surface area contributed by atoms with E-state index in [-0.39, 0.29) is 5.78 Å². The Balaban J connectivity index is 1.56. The molecule has 156 valence electrons. The molecule has 6 nitrogen and oxygen atoms in total. The van der Waals surface area contributed by atoms with Crippen LogP contribution in [-0.2, 0) is 6.54 Å². The highest BCUT2D eigenvalue weighted by atomic mass is 16.5. The van der Waals surface area contributed by atoms with E-state index in [4.69, 9.17) is 8.94 Å². The number of hydrogen-bond acceptors (Lipinski definition) is 6. The largest absolute Gasteiger partial charge is 0.467 e. The van der Waals surface area contributed by atoms with Gasteiger partial charge < -0.3 is 19.2 Å². The number of rotatable bonds is 4. The summed E-state index contributed by atoms with van der Waals surface area (Å²) in [6.45, 7) is 2.47. The molecule has 0 unspecified atom stereocenters. The molecule has 1 aliphatic heterocycles. The first-order valence-corrected chi connectivity index (χ1v) is 10.9. The molecule has 4 aromatic rings. The minimum absolute atomic E-state index is 0.000612. The quantitative estimate of drug-likeness (QED) is 0.412. The SMILES string of the molecule is O=C1c2ccccc2-c2onc3c(N4CCCCCC4)cc(NCc4ccco4)c1c23. The smallest absolute Gasteiger partial charge is 0.196 e. The summed E-state index contributed by atoms with van der Waals surface area (Å²) in [5.74, 6) is 1.50. The van der Waals surface area contributed by atoms with Crippen LogP contribution >= 0.6 is 0 Å². The van der Waals surface area contributed by atoms with E-state index in [1.807, 2.05) is 36.4 Å². The number of benzene rings is 2. The molecule has 0 amide bonds. The first kappa shape index (κ1) is 18.2. The van der Waals surface area contributed by atoms with Gasteiger partial charge in [-0.3, -0.25) is 4.79 Å². The van der Waals surface area contributed by atoms with Crippen molar-refractivity contribution in [3.05, 3.63) is 65.6 Å². The van der Waals surface area contributed by atoms with Crippen LogP contribution in [0.3, 0.4) is 0 Å². The van der Waals surface area contributed by atoms with Crippen LogP contribution < -0.4 is 10.2 Å². The van der Waals surface area contributed by atoms with Gasteiger partial charge >= 0.3 is 0 Å². The maximum absolute atomic E-state index is 13.6. The molecule has 0 saturated carbocycles. The molecule has 6 heteroatoms. The van der Waals surface area contributed by atoms with E-state index in [9.17, 15) is 4.79 Å². The lowest BCUT2D eigenvalue weighted by Crippen LogP contribution is -2.25. The van der Waals surface area contributed by atoms with E-state index in [0.29, 0.717) is 23.4 Å². The molecule has 1 saturated heterocycles. The number of carbonyl (C=O) groups excluding carboxylic acids is 1. The minimum Gasteiger partial charge on any atom is -0.467 e. The van der Waals surface area contributed by atoms with Crippen molar-refractivity contribution in [3.63, 3.8) is 0 Å². The molecular formula is C25H23N3O3. The second kappa shape index (κ2) is 7.30. The topological polar surface area (TPSA) is 71.5 Å². The molecule has 2 aliphatic rings. The third kappa shape index (κ3) is 2.93. The third-order valence-electron chi connectivity index (χ3n) is 6.36. The van der Waals surface area contributed by atoms with Gasteiger partial charge in [0.1, 0.15) is 11.3 Å². The van der Waals surface area contributed by atoms with Crippen molar-refractivity contribution in [1.29, 1.82) is 0 Å². The summed E-state index contributed by atoms with van der Waals surface area (Å²) in [5.41, 5.74) is 4.70. The maximum Gasteiger partial charge on any atom is 0.196 e. The zero-order chi connectivity index (χ0) is 20.8. The molecule has 3 heterocycles. The van der Waals surface area contributed by atoms with Crippen LogP contribution in [0.2, 0.25) is 0 Å². The van der Waals surface area contributed by atoms with Crippen LogP contribution in [0.1, 0.15) is 47.4 Å². The van der Waals surface area contributed by atoms with Gasteiger partial charge in [0.15, 0.2) is 11.5 Å². The fourth-order valence-electron chi connectivity index (χ4n) is 4.83. The summed E-state index contributed by atoms with van der Waals surface area (Å²) in [6, 6.07) is 13.5. The number of anilines is 2. The Kier molecular flexibility index (Phi) is 4.30. The molecule has 0 radical (unpaired) electrons. The van der Waals surface area contributed by atoms with Gasteiger partial charge in [0, 0.05) is 29.9 Å². The Morgan fingerprint density at radius 1 is 1.00 bits per heavy atom. The van der Waals surface area contributed by atoms with Gasteiger partial charge in [0.2, 0.25) is 0 Å². The van der Waals surface area contributed by atoms with Crippen LogP contribution in [0.15, 0.2) is 57.7 Å². The zero-order valence-electron chi connectivity index (χ0n) is 17.2. The lowest BCUT2D eigenvalue weighted by atomic mass is 9.86. The van der Waals surface area contributed by atoms with E-state index < -0.39 is 0 Å². The molecule has 0 bridgehead atoms. The van der Waals surface area contributed by atoms with Gasteiger partial charge in [-0.15, -0.1) is 0 Å². The summed E-state index contributed by atoms with van der Waals surface area (Å²) in [6.07, 6.45) is 6.47. The Bertz CT molecular complexity index is 1260. The van der Waals surface area contributed by atoms with Crippen LogP contribution in [0.5, 0.6) is 0 Å². The summed E-state index contributed by atoms with van der Waals surface area (Å²) in [7, 11) is 0. The summed E-state index contributed by atoms with van der Waals surface area (Å²) >= 11 is 0. The monoisotopic (exact) mass is 413 g/mol. The molecule has 1 fully saturated rings. The highest BCUT2D eigenvalue weighted by Crippen LogP contribution is 2.46. The number of ketones is 1. The van der Waals surface area contributed by atoms with E-state index in [1.165, 1.54) is 12.8 Å². The number of carbonyl (C=O) groups is 1. The fraction of sp³-hybridized carbons (Fsp3) is 0.280. The summed E-state index contributed by atoms with van der Waals surface area (Å²) in [5, 5.41) is 8.73. The minimum atomic E-state index is 0.000612. The molecule has 31 heavy (non-hydrogen) atoms. The summed E-state index contributed by atoms with van der Waals surface area (Å²) in [4.78, 5) is 16.0. The number of nitrogens with one attached hydrogen (secondary N) is 1. The highest BCUT2D eigenvalue weighted by molar-refractivity contribution is 6.28. The van der Waals surface area contributed by atoms with Crippen LogP contribution in [0.4, 0.5) is 11.4 Å². The molecule has 0 spiro atoms. The lowest BCUT2D eigenvalue weighted by molar-refractivity contribution is 0.104. The van der Waals surface area contributed by atoms with Gasteiger partial charge in [-0.1, -0.05) is 42.3 Å². The van der Waals surface area contributed by atoms with Gasteiger partial charge in [0.25, 0.3) is 0 Å². The first-order chi connectivity index (χ1) is 15.3. The predicted octanol–water partition coefficient (Wildman–Crippen LogP) is 5.62. The molecule has 2 aromatic heterocycles. The molecule has 1 N–H and O–H groups in total. The molecular weight excluding hydrogens is 390 g/mol. The highest BCUT2D eigenvalue weighted by Gasteiger charge is 2.33. The normalized spacial score (nSPS) is 15.7. The lowest BCUT2D eigenvalue weighted by Gasteiger charge is -2.26. The van der Waals surface area contributed by atoms with Crippen molar-refractivity contribution in [2.24, 2.45) is 0 Å². The van der Waals surface area contributed by atoms with Crippen molar-refractivity contribution in [1.82, 2.24) is 5.16 Å². The fourth-order valence-corrected chi connectivity index (χ4v) is 4.83. The Labute approximate surface area is 179 Å². The van der Waals surface area contributed by atoms with Crippen molar-refractivity contribution in [2.75, 3.05) is 23.3 Å². The Hall–Kier alpha value is -3.54. The first-order valence-electron chi connectivity index (χ1n) is 10.9. The molecule has 1 aliphatic carbocycles. The molecule has 2 aromatic carbocycles. The molecule has 0 atom stereocenters. The Morgan fingerprint density at radius 2 is 1.81 bits per heavy atom. The zero-order valence-corrected chi connectivity index (χ0v) is 17.2. The van der Waals surface area contributed by atoms with Crippen molar-refractivity contribution < 1.29 is 13.7 Å². The van der Waals surface area contributed by atoms with Gasteiger partial charge in [-0.25, -0.2) is 0 Å². The van der Waals surface area contributed by atoms with Crippen molar-refractivity contribution >= 4 is 28.1 Å². The van der Waals surface area contributed by atoms with Crippen molar-refractivity contribution in [3.8, 4) is 11.3 Å². The van der Waals surface area contributed by atoms with Gasteiger partial charge in [-0.05, 0) is 31.0 Å². The van der Waals surface area contributed by atoms with E-state index >= 15 is 0 Å². The van der Waals surface area contributed by atoms with E-state index in [1.54, 1.807) is 6.26 Å². The average molecular weight is 413 g/mol. The van der Waals surface area contributed by atoms with Gasteiger partial charge in [-0.2, -0.15) is 0 Å². The summed E-state index contributed by atoms with van der Waals surface area (Å²) < 4.78 is 11.4. The van der Waals surface area contributed by atoms with Crippen molar-refractivity contribution in [2.45, 2.75) is 32.2 Å². The van der Waals surface area contributed by atoms with Crippen LogP contribution in [-0.4, -0.2) is 24.0 Å². The number of hydrogen-bond donors (Lipinski definition) is 1. The number of aromatic nitrogens is 1. The maximum atomic E-state index is 13.6. The second-order valence-electron chi connectivity index (χ2n) is 8.26. The molecule has 6 rings (SSSR count). The third-order valence-corrected chi connectivity index (χ3v) is 6.36.